The summed E-state index contributed by atoms with van der Waals surface area (Å²) in [5.41, 5.74) is -0.180. The minimum atomic E-state index is -0.855. The lowest BCUT2D eigenvalue weighted by Crippen LogP contribution is -2.51. The van der Waals surface area contributed by atoms with Gasteiger partial charge in [-0.2, -0.15) is 0 Å². The second kappa shape index (κ2) is 7.50. The normalized spacial score (nSPS) is 19.3. The van der Waals surface area contributed by atoms with Gasteiger partial charge in [-0.1, -0.05) is 0 Å². The van der Waals surface area contributed by atoms with E-state index < -0.39 is 23.6 Å². The Balaban J connectivity index is 1.96. The number of nitrogens with zero attached hydrogens (tertiary/aromatic N) is 1. The first kappa shape index (κ1) is 17.3. The van der Waals surface area contributed by atoms with Crippen LogP contribution in [0.1, 0.15) is 36.5 Å². The molecule has 1 saturated heterocycles. The Morgan fingerprint density at radius 2 is 1.96 bits per heavy atom. The maximum Gasteiger partial charge on any atom is 0.251 e. The molecule has 2 amide bonds. The highest BCUT2D eigenvalue weighted by Crippen LogP contribution is 2.19. The Kier molecular flexibility index (Phi) is 5.65. The predicted molar refractivity (Wildman–Crippen MR) is 79.7 cm³/mol. The van der Waals surface area contributed by atoms with Gasteiger partial charge in [-0.25, -0.2) is 8.78 Å². The fourth-order valence-electron chi connectivity index (χ4n) is 2.81. The van der Waals surface area contributed by atoms with E-state index in [4.69, 9.17) is 0 Å². The van der Waals surface area contributed by atoms with Crippen LogP contribution in [0.15, 0.2) is 18.2 Å². The van der Waals surface area contributed by atoms with Crippen LogP contribution in [0.5, 0.6) is 0 Å². The summed E-state index contributed by atoms with van der Waals surface area (Å²) in [4.78, 5) is 25.7. The van der Waals surface area contributed by atoms with Crippen molar-refractivity contribution in [1.29, 1.82) is 0 Å². The number of benzene rings is 1. The zero-order valence-corrected chi connectivity index (χ0v) is 12.9. The maximum absolute atomic E-state index is 13.1. The molecular weight excluding hydrogens is 306 g/mol. The molecule has 126 valence electrons. The summed E-state index contributed by atoms with van der Waals surface area (Å²) >= 11 is 0. The Labute approximate surface area is 133 Å². The van der Waals surface area contributed by atoms with Crippen molar-refractivity contribution in [1.82, 2.24) is 10.2 Å². The molecule has 5 nitrogen and oxygen atoms in total. The molecule has 1 aromatic carbocycles. The lowest BCUT2D eigenvalue weighted by molar-refractivity contribution is -0.136. The van der Waals surface area contributed by atoms with Crippen LogP contribution >= 0.6 is 0 Å². The topological polar surface area (TPSA) is 69.6 Å². The second-order valence-electron chi connectivity index (χ2n) is 5.73. The molecule has 7 heteroatoms. The van der Waals surface area contributed by atoms with Crippen LogP contribution in [-0.4, -0.2) is 47.1 Å². The van der Waals surface area contributed by atoms with E-state index in [1.54, 1.807) is 11.8 Å². The van der Waals surface area contributed by atoms with Crippen molar-refractivity contribution in [2.24, 2.45) is 0 Å². The molecule has 2 N–H and O–H groups in total. The summed E-state index contributed by atoms with van der Waals surface area (Å²) in [6.45, 7) is 1.88. The lowest BCUT2D eigenvalue weighted by atomic mass is 9.98. The second-order valence-corrected chi connectivity index (χ2v) is 5.73. The molecule has 0 aromatic heterocycles. The largest absolute Gasteiger partial charge is 0.391 e. The predicted octanol–water partition coefficient (Wildman–Crippen LogP) is 1.46. The Bertz CT molecular complexity index is 572. The third-order valence-corrected chi connectivity index (χ3v) is 3.95. The maximum atomic E-state index is 13.1. The number of aliphatic hydroxyl groups excluding tert-OH is 1. The van der Waals surface area contributed by atoms with Gasteiger partial charge in [0.2, 0.25) is 5.91 Å². The molecule has 1 aliphatic rings. The molecule has 1 fully saturated rings. The van der Waals surface area contributed by atoms with E-state index in [-0.39, 0.29) is 24.1 Å². The van der Waals surface area contributed by atoms with Crippen molar-refractivity contribution in [3.8, 4) is 0 Å². The molecule has 2 atom stereocenters. The van der Waals surface area contributed by atoms with Gasteiger partial charge < -0.3 is 15.3 Å². The highest BCUT2D eigenvalue weighted by Gasteiger charge is 2.29. The average Bonchev–Trinajstić information content (AvgIpc) is 2.51. The molecule has 0 saturated carbocycles. The number of amides is 2. The van der Waals surface area contributed by atoms with Gasteiger partial charge in [0.15, 0.2) is 0 Å². The third-order valence-electron chi connectivity index (χ3n) is 3.95. The first-order chi connectivity index (χ1) is 10.9. The number of piperidine rings is 1. The Morgan fingerprint density at radius 3 is 2.57 bits per heavy atom. The van der Waals surface area contributed by atoms with Crippen molar-refractivity contribution in [2.45, 2.75) is 38.3 Å². The zero-order valence-electron chi connectivity index (χ0n) is 12.9. The van der Waals surface area contributed by atoms with E-state index >= 15 is 0 Å². The van der Waals surface area contributed by atoms with Crippen LogP contribution in [0.2, 0.25) is 0 Å². The fraction of sp³-hybridized carbons (Fsp3) is 0.500. The van der Waals surface area contributed by atoms with E-state index in [0.717, 1.165) is 25.0 Å². The smallest absolute Gasteiger partial charge is 0.251 e. The summed E-state index contributed by atoms with van der Waals surface area (Å²) in [6, 6.07) is 2.22. The number of aliphatic hydroxyl groups is 1. The van der Waals surface area contributed by atoms with Gasteiger partial charge >= 0.3 is 0 Å². The van der Waals surface area contributed by atoms with Crippen LogP contribution in [0.25, 0.3) is 0 Å². The molecule has 0 spiro atoms. The lowest BCUT2D eigenvalue weighted by Gasteiger charge is -2.37. The zero-order chi connectivity index (χ0) is 17.0. The number of carbonyl (C=O) groups excluding carboxylic acids is 2. The Morgan fingerprint density at radius 1 is 1.30 bits per heavy atom. The molecule has 23 heavy (non-hydrogen) atoms. The van der Waals surface area contributed by atoms with E-state index in [2.05, 4.69) is 5.32 Å². The first-order valence-corrected chi connectivity index (χ1v) is 7.60. The molecular formula is C16H20F2N2O3. The minimum Gasteiger partial charge on any atom is -0.391 e. The molecule has 0 radical (unpaired) electrons. The van der Waals surface area contributed by atoms with Crippen LogP contribution in [0, 0.1) is 11.6 Å². The van der Waals surface area contributed by atoms with Crippen LogP contribution in [0.3, 0.4) is 0 Å². The summed E-state index contributed by atoms with van der Waals surface area (Å²) in [5, 5.41) is 12.1. The molecule has 1 aromatic rings. The number of halogens is 2. The molecule has 1 aliphatic heterocycles. The number of hydrogen-bond acceptors (Lipinski definition) is 3. The standard InChI is InChI=1S/C16H20F2N2O3/c1-10(21)14-4-2-3-5-20(14)15(22)9-19-16(23)11-6-12(17)8-13(18)7-11/h6-8,10,14,21H,2-5,9H2,1H3,(H,19,23). The van der Waals surface area contributed by atoms with Crippen molar-refractivity contribution >= 4 is 11.8 Å². The van der Waals surface area contributed by atoms with Crippen molar-refractivity contribution in [3.63, 3.8) is 0 Å². The van der Waals surface area contributed by atoms with Crippen molar-refractivity contribution in [2.75, 3.05) is 13.1 Å². The molecule has 0 aliphatic carbocycles. The highest BCUT2D eigenvalue weighted by molar-refractivity contribution is 5.96. The van der Waals surface area contributed by atoms with E-state index in [1.807, 2.05) is 0 Å². The van der Waals surface area contributed by atoms with Gasteiger partial charge in [-0.15, -0.1) is 0 Å². The molecule has 0 bridgehead atoms. The fourth-order valence-corrected chi connectivity index (χ4v) is 2.81. The monoisotopic (exact) mass is 326 g/mol. The van der Waals surface area contributed by atoms with Gasteiger partial charge in [0.1, 0.15) is 11.6 Å². The number of carbonyl (C=O) groups is 2. The minimum absolute atomic E-state index is 0.180. The number of rotatable bonds is 4. The quantitative estimate of drug-likeness (QED) is 0.880. The van der Waals surface area contributed by atoms with Gasteiger partial charge in [0.05, 0.1) is 18.7 Å². The summed E-state index contributed by atoms with van der Waals surface area (Å²) in [6.07, 6.45) is 1.85. The number of hydrogen-bond donors (Lipinski definition) is 2. The average molecular weight is 326 g/mol. The van der Waals surface area contributed by atoms with Gasteiger partial charge in [0, 0.05) is 18.2 Å². The van der Waals surface area contributed by atoms with Gasteiger partial charge in [-0.3, -0.25) is 9.59 Å². The number of likely N-dealkylation sites (tertiary alicyclic amines) is 1. The molecule has 2 unspecified atom stereocenters. The summed E-state index contributed by atoms with van der Waals surface area (Å²) in [7, 11) is 0. The highest BCUT2D eigenvalue weighted by atomic mass is 19.1. The van der Waals surface area contributed by atoms with E-state index in [0.29, 0.717) is 19.0 Å². The van der Waals surface area contributed by atoms with Gasteiger partial charge in [0.25, 0.3) is 5.91 Å². The SMILES string of the molecule is CC(O)C1CCCCN1C(=O)CNC(=O)c1cc(F)cc(F)c1. The van der Waals surface area contributed by atoms with Crippen molar-refractivity contribution < 1.29 is 23.5 Å². The Hall–Kier alpha value is -2.02. The summed E-state index contributed by atoms with van der Waals surface area (Å²) < 4.78 is 26.2. The van der Waals surface area contributed by atoms with Crippen LogP contribution in [-0.2, 0) is 4.79 Å². The first-order valence-electron chi connectivity index (χ1n) is 7.60. The number of nitrogens with one attached hydrogen (secondary N) is 1. The third kappa shape index (κ3) is 4.48. The van der Waals surface area contributed by atoms with Crippen LogP contribution < -0.4 is 5.32 Å². The van der Waals surface area contributed by atoms with Gasteiger partial charge in [-0.05, 0) is 38.3 Å². The van der Waals surface area contributed by atoms with Crippen LogP contribution in [0.4, 0.5) is 8.78 Å². The summed E-state index contributed by atoms with van der Waals surface area (Å²) in [5.74, 6) is -2.75. The van der Waals surface area contributed by atoms with Crippen molar-refractivity contribution in [3.05, 3.63) is 35.4 Å². The molecule has 1 heterocycles. The van der Waals surface area contributed by atoms with E-state index in [9.17, 15) is 23.5 Å². The molecule has 2 rings (SSSR count). The van der Waals surface area contributed by atoms with E-state index in [1.165, 1.54) is 0 Å².